The lowest BCUT2D eigenvalue weighted by Crippen LogP contribution is -2.42. The maximum absolute atomic E-state index is 11.5. The molecule has 0 aromatic heterocycles. The summed E-state index contributed by atoms with van der Waals surface area (Å²) in [4.78, 5) is 11.5. The van der Waals surface area contributed by atoms with Crippen LogP contribution in [0.4, 0.5) is 4.79 Å². The van der Waals surface area contributed by atoms with Crippen LogP contribution in [0.5, 0.6) is 0 Å². The predicted molar refractivity (Wildman–Crippen MR) is 80.9 cm³/mol. The van der Waals surface area contributed by atoms with Gasteiger partial charge in [-0.2, -0.15) is 10.2 Å². The van der Waals surface area contributed by atoms with Gasteiger partial charge in [0, 0.05) is 5.56 Å². The Morgan fingerprint density at radius 3 is 2.48 bits per heavy atom. The van der Waals surface area contributed by atoms with E-state index in [-0.39, 0.29) is 6.54 Å². The van der Waals surface area contributed by atoms with Crippen LogP contribution in [0, 0.1) is 0 Å². The summed E-state index contributed by atoms with van der Waals surface area (Å²) in [6.07, 6.45) is -0.496. The number of nitrogens with zero attached hydrogens (tertiary/aromatic N) is 2. The van der Waals surface area contributed by atoms with Crippen molar-refractivity contribution in [2.75, 3.05) is 6.54 Å². The second kappa shape index (κ2) is 6.25. The number of alkyl carbamates (subject to hydrolysis) is 1. The minimum atomic E-state index is -0.525. The first kappa shape index (κ1) is 14.8. The molecule has 1 aromatic rings. The molecule has 0 saturated heterocycles. The number of nitrogens with one attached hydrogen (secondary N) is 3. The number of carbonyl (C=O) groups excluding carboxylic acids is 1. The summed E-state index contributed by atoms with van der Waals surface area (Å²) in [5, 5.41) is 10.9. The van der Waals surface area contributed by atoms with Crippen LogP contribution in [0.3, 0.4) is 0 Å². The minimum Gasteiger partial charge on any atom is -0.444 e. The number of hydrogen-bond acceptors (Lipinski definition) is 6. The SMILES string of the molecule is CC(C)(C)OC(=O)NCC1=NNC(c2ccccc2)=NN1. The number of ether oxygens (including phenoxy) is 1. The molecule has 0 spiro atoms. The monoisotopic (exact) mass is 289 g/mol. The largest absolute Gasteiger partial charge is 0.444 e. The van der Waals surface area contributed by atoms with E-state index in [9.17, 15) is 4.79 Å². The summed E-state index contributed by atoms with van der Waals surface area (Å²) in [5.74, 6) is 1.12. The molecule has 1 aliphatic heterocycles. The minimum absolute atomic E-state index is 0.202. The van der Waals surface area contributed by atoms with E-state index in [4.69, 9.17) is 4.74 Å². The van der Waals surface area contributed by atoms with E-state index in [1.165, 1.54) is 0 Å². The first-order valence-electron chi connectivity index (χ1n) is 6.62. The number of hydrazone groups is 2. The van der Waals surface area contributed by atoms with Gasteiger partial charge < -0.3 is 10.1 Å². The predicted octanol–water partition coefficient (Wildman–Crippen LogP) is 1.38. The van der Waals surface area contributed by atoms with E-state index in [1.807, 2.05) is 30.3 Å². The Morgan fingerprint density at radius 2 is 1.90 bits per heavy atom. The van der Waals surface area contributed by atoms with Gasteiger partial charge in [-0.25, -0.2) is 4.79 Å². The maximum atomic E-state index is 11.5. The van der Waals surface area contributed by atoms with Crippen LogP contribution < -0.4 is 16.2 Å². The average molecular weight is 289 g/mol. The van der Waals surface area contributed by atoms with E-state index in [1.54, 1.807) is 20.8 Å². The first-order valence-corrected chi connectivity index (χ1v) is 6.62. The van der Waals surface area contributed by atoms with Crippen molar-refractivity contribution < 1.29 is 9.53 Å². The zero-order valence-electron chi connectivity index (χ0n) is 12.3. The molecule has 1 aromatic carbocycles. The highest BCUT2D eigenvalue weighted by atomic mass is 16.6. The fourth-order valence-electron chi connectivity index (χ4n) is 1.57. The second-order valence-corrected chi connectivity index (χ2v) is 5.46. The Bertz CT molecular complexity index is 560. The molecule has 7 heteroatoms. The van der Waals surface area contributed by atoms with Crippen molar-refractivity contribution >= 4 is 17.8 Å². The Morgan fingerprint density at radius 1 is 1.19 bits per heavy atom. The van der Waals surface area contributed by atoms with Gasteiger partial charge >= 0.3 is 6.09 Å². The summed E-state index contributed by atoms with van der Waals surface area (Å²) < 4.78 is 5.13. The fraction of sp³-hybridized carbons (Fsp3) is 0.357. The molecule has 0 aliphatic carbocycles. The summed E-state index contributed by atoms with van der Waals surface area (Å²) in [7, 11) is 0. The highest BCUT2D eigenvalue weighted by molar-refractivity contribution is 6.02. The molecule has 21 heavy (non-hydrogen) atoms. The molecule has 0 radical (unpaired) electrons. The quantitative estimate of drug-likeness (QED) is 0.784. The van der Waals surface area contributed by atoms with Crippen LogP contribution in [0.1, 0.15) is 26.3 Å². The lowest BCUT2D eigenvalue weighted by atomic mass is 10.2. The van der Waals surface area contributed by atoms with Gasteiger partial charge in [-0.15, -0.1) is 0 Å². The van der Waals surface area contributed by atoms with Gasteiger partial charge in [-0.05, 0) is 20.8 Å². The van der Waals surface area contributed by atoms with Crippen molar-refractivity contribution in [2.24, 2.45) is 10.2 Å². The van der Waals surface area contributed by atoms with Crippen molar-refractivity contribution in [2.45, 2.75) is 26.4 Å². The van der Waals surface area contributed by atoms with Crippen molar-refractivity contribution in [3.05, 3.63) is 35.9 Å². The van der Waals surface area contributed by atoms with E-state index < -0.39 is 11.7 Å². The topological polar surface area (TPSA) is 87.1 Å². The molecule has 1 amide bonds. The molecular formula is C14H19N5O2. The van der Waals surface area contributed by atoms with Gasteiger partial charge in [0.15, 0.2) is 11.7 Å². The van der Waals surface area contributed by atoms with Gasteiger partial charge in [0.05, 0.1) is 6.54 Å². The first-order chi connectivity index (χ1) is 9.94. The molecule has 1 aliphatic rings. The molecular weight excluding hydrogens is 270 g/mol. The molecule has 112 valence electrons. The van der Waals surface area contributed by atoms with Gasteiger partial charge in [-0.3, -0.25) is 10.9 Å². The number of carbonyl (C=O) groups is 1. The zero-order chi connectivity index (χ0) is 15.3. The van der Waals surface area contributed by atoms with E-state index >= 15 is 0 Å². The van der Waals surface area contributed by atoms with Crippen molar-refractivity contribution in [3.63, 3.8) is 0 Å². The van der Waals surface area contributed by atoms with Crippen LogP contribution in [-0.2, 0) is 4.74 Å². The smallest absolute Gasteiger partial charge is 0.408 e. The Balaban J connectivity index is 1.81. The third-order valence-electron chi connectivity index (χ3n) is 2.44. The lowest BCUT2D eigenvalue weighted by Gasteiger charge is -2.20. The van der Waals surface area contributed by atoms with Crippen molar-refractivity contribution in [1.29, 1.82) is 0 Å². The highest BCUT2D eigenvalue weighted by Gasteiger charge is 2.17. The average Bonchev–Trinajstić information content (AvgIpc) is 2.45. The molecule has 3 N–H and O–H groups in total. The Hall–Kier alpha value is -2.57. The highest BCUT2D eigenvalue weighted by Crippen LogP contribution is 2.06. The van der Waals surface area contributed by atoms with Crippen LogP contribution in [-0.4, -0.2) is 29.9 Å². The molecule has 0 bridgehead atoms. The van der Waals surface area contributed by atoms with Crippen LogP contribution in [0.25, 0.3) is 0 Å². The number of amidine groups is 2. The number of rotatable bonds is 3. The maximum Gasteiger partial charge on any atom is 0.408 e. The summed E-state index contributed by atoms with van der Waals surface area (Å²) >= 11 is 0. The molecule has 7 nitrogen and oxygen atoms in total. The molecule has 0 unspecified atom stereocenters. The summed E-state index contributed by atoms with van der Waals surface area (Å²) in [5.41, 5.74) is 6.03. The van der Waals surface area contributed by atoms with Gasteiger partial charge in [-0.1, -0.05) is 30.3 Å². The van der Waals surface area contributed by atoms with E-state index in [0.29, 0.717) is 11.7 Å². The molecule has 0 fully saturated rings. The molecule has 0 saturated carbocycles. The third-order valence-corrected chi connectivity index (χ3v) is 2.44. The molecule has 2 rings (SSSR count). The fourth-order valence-corrected chi connectivity index (χ4v) is 1.57. The lowest BCUT2D eigenvalue weighted by molar-refractivity contribution is 0.0535. The summed E-state index contributed by atoms with van der Waals surface area (Å²) in [6, 6.07) is 9.62. The zero-order valence-corrected chi connectivity index (χ0v) is 12.3. The molecule has 1 heterocycles. The third kappa shape index (κ3) is 4.79. The Kier molecular flexibility index (Phi) is 4.42. The van der Waals surface area contributed by atoms with Crippen LogP contribution >= 0.6 is 0 Å². The molecule has 0 atom stereocenters. The second-order valence-electron chi connectivity index (χ2n) is 5.46. The number of benzene rings is 1. The number of amides is 1. The van der Waals surface area contributed by atoms with Gasteiger partial charge in [0.1, 0.15) is 5.60 Å². The normalized spacial score (nSPS) is 14.2. The van der Waals surface area contributed by atoms with Crippen LogP contribution in [0.15, 0.2) is 40.5 Å². The van der Waals surface area contributed by atoms with E-state index in [0.717, 1.165) is 5.56 Å². The van der Waals surface area contributed by atoms with Gasteiger partial charge in [0.2, 0.25) is 0 Å². The van der Waals surface area contributed by atoms with Crippen LogP contribution in [0.2, 0.25) is 0 Å². The number of hydrogen-bond donors (Lipinski definition) is 3. The van der Waals surface area contributed by atoms with E-state index in [2.05, 4.69) is 26.4 Å². The van der Waals surface area contributed by atoms with Crippen molar-refractivity contribution in [1.82, 2.24) is 16.2 Å². The standard InChI is InChI=1S/C14H19N5O2/c1-14(2,3)21-13(20)15-9-11-16-18-12(19-17-11)10-7-5-4-6-8-10/h4-8H,9H2,1-3H3,(H,15,20)(H,16,17)(H,18,19). The summed E-state index contributed by atoms with van der Waals surface area (Å²) in [6.45, 7) is 5.62. The van der Waals surface area contributed by atoms with Gasteiger partial charge in [0.25, 0.3) is 0 Å². The van der Waals surface area contributed by atoms with Crippen molar-refractivity contribution in [3.8, 4) is 0 Å². The Labute approximate surface area is 123 Å².